The van der Waals surface area contributed by atoms with Crippen molar-refractivity contribution in [3.63, 3.8) is 0 Å². The van der Waals surface area contributed by atoms with Crippen molar-refractivity contribution in [2.75, 3.05) is 17.5 Å². The maximum absolute atomic E-state index is 12.4. The Kier molecular flexibility index (Phi) is 5.85. The molecule has 2 aromatic carbocycles. The van der Waals surface area contributed by atoms with Gasteiger partial charge in [-0.05, 0) is 48.9 Å². The van der Waals surface area contributed by atoms with E-state index in [4.69, 9.17) is 11.6 Å². The lowest BCUT2D eigenvalue weighted by Gasteiger charge is -2.17. The van der Waals surface area contributed by atoms with Gasteiger partial charge in [-0.15, -0.1) is 0 Å². The molecule has 1 amide bonds. The van der Waals surface area contributed by atoms with Crippen LogP contribution in [0, 0.1) is 0 Å². The summed E-state index contributed by atoms with van der Waals surface area (Å²) in [5.74, 6) is -0.146. The van der Waals surface area contributed by atoms with Gasteiger partial charge in [-0.2, -0.15) is 0 Å². The van der Waals surface area contributed by atoms with Crippen LogP contribution < -0.4 is 4.72 Å². The zero-order valence-corrected chi connectivity index (χ0v) is 15.1. The molecule has 1 N–H and O–H groups in total. The summed E-state index contributed by atoms with van der Waals surface area (Å²) in [5.41, 5.74) is 1.90. The summed E-state index contributed by atoms with van der Waals surface area (Å²) in [6.07, 6.45) is 0. The molecule has 0 aliphatic heterocycles. The number of sulfonamides is 1. The lowest BCUT2D eigenvalue weighted by atomic mass is 10.1. The maximum Gasteiger partial charge on any atom is 0.253 e. The number of rotatable bonds is 6. The van der Waals surface area contributed by atoms with Crippen LogP contribution in [-0.4, -0.2) is 32.0 Å². The van der Waals surface area contributed by atoms with Gasteiger partial charge >= 0.3 is 0 Å². The van der Waals surface area contributed by atoms with Gasteiger partial charge in [-0.3, -0.25) is 9.52 Å². The summed E-state index contributed by atoms with van der Waals surface area (Å²) in [6, 6.07) is 13.7. The van der Waals surface area contributed by atoms with Crippen LogP contribution in [0.3, 0.4) is 0 Å². The fourth-order valence-electron chi connectivity index (χ4n) is 2.09. The normalized spacial score (nSPS) is 11.1. The highest BCUT2D eigenvalue weighted by Gasteiger charge is 2.13. The lowest BCUT2D eigenvalue weighted by Crippen LogP contribution is -2.26. The lowest BCUT2D eigenvalue weighted by molar-refractivity contribution is 0.0785. The molecule has 0 radical (unpaired) electrons. The Balaban J connectivity index is 2.05. The molecule has 0 saturated heterocycles. The second kappa shape index (κ2) is 7.68. The Bertz CT molecular complexity index is 803. The van der Waals surface area contributed by atoms with Gasteiger partial charge < -0.3 is 4.90 Å². The number of carbonyl (C=O) groups is 1. The van der Waals surface area contributed by atoms with E-state index in [1.807, 2.05) is 12.1 Å². The van der Waals surface area contributed by atoms with Crippen LogP contribution in [0.25, 0.3) is 0 Å². The molecular weight excluding hydrogens is 348 g/mol. The number of nitrogens with one attached hydrogen (secondary N) is 1. The van der Waals surface area contributed by atoms with E-state index in [0.717, 1.165) is 5.56 Å². The van der Waals surface area contributed by atoms with Crippen LogP contribution in [-0.2, 0) is 16.6 Å². The summed E-state index contributed by atoms with van der Waals surface area (Å²) in [4.78, 5) is 14.0. The van der Waals surface area contributed by atoms with Crippen molar-refractivity contribution in [2.24, 2.45) is 0 Å². The van der Waals surface area contributed by atoms with E-state index < -0.39 is 10.0 Å². The Hall–Kier alpha value is -2.05. The van der Waals surface area contributed by atoms with E-state index >= 15 is 0 Å². The Morgan fingerprint density at radius 2 is 1.67 bits per heavy atom. The number of hydrogen-bond donors (Lipinski definition) is 1. The van der Waals surface area contributed by atoms with Gasteiger partial charge in [0.25, 0.3) is 5.91 Å². The van der Waals surface area contributed by atoms with Crippen molar-refractivity contribution in [3.05, 3.63) is 64.7 Å². The van der Waals surface area contributed by atoms with Crippen molar-refractivity contribution in [3.8, 4) is 0 Å². The number of amides is 1. The van der Waals surface area contributed by atoms with Crippen LogP contribution in [0.1, 0.15) is 22.8 Å². The average Bonchev–Trinajstić information content (AvgIpc) is 2.56. The molecule has 0 aliphatic carbocycles. The zero-order chi connectivity index (χ0) is 17.7. The van der Waals surface area contributed by atoms with Crippen LogP contribution in [0.15, 0.2) is 48.5 Å². The minimum Gasteiger partial charge on any atom is -0.337 e. The number of benzene rings is 2. The van der Waals surface area contributed by atoms with Gasteiger partial charge in [0.1, 0.15) is 0 Å². The predicted molar refractivity (Wildman–Crippen MR) is 96.8 cm³/mol. The summed E-state index contributed by atoms with van der Waals surface area (Å²) >= 11 is 5.85. The van der Waals surface area contributed by atoms with Crippen molar-refractivity contribution < 1.29 is 13.2 Å². The smallest absolute Gasteiger partial charge is 0.253 e. The molecule has 0 bridgehead atoms. The van der Waals surface area contributed by atoms with E-state index in [9.17, 15) is 13.2 Å². The number of nitrogens with zero attached hydrogens (tertiary/aromatic N) is 1. The Morgan fingerprint density at radius 3 is 2.21 bits per heavy atom. The standard InChI is InChI=1S/C17H19ClN2O3S/c1-3-24(22,23)19-16-10-6-14(7-11-16)17(21)20(2)12-13-4-8-15(18)9-5-13/h4-11,19H,3,12H2,1-2H3. The number of hydrogen-bond acceptors (Lipinski definition) is 3. The first kappa shape index (κ1) is 18.3. The molecular formula is C17H19ClN2O3S. The van der Waals surface area contributed by atoms with E-state index in [1.165, 1.54) is 0 Å². The zero-order valence-electron chi connectivity index (χ0n) is 13.5. The Labute approximate surface area is 147 Å². The summed E-state index contributed by atoms with van der Waals surface area (Å²) in [6.45, 7) is 2.02. The van der Waals surface area contributed by atoms with Crippen LogP contribution in [0.2, 0.25) is 5.02 Å². The van der Waals surface area contributed by atoms with Gasteiger partial charge in [0.2, 0.25) is 10.0 Å². The summed E-state index contributed by atoms with van der Waals surface area (Å²) in [7, 11) is -1.61. The molecule has 0 aromatic heterocycles. The first-order chi connectivity index (χ1) is 11.3. The van der Waals surface area contributed by atoms with Crippen LogP contribution >= 0.6 is 11.6 Å². The Morgan fingerprint density at radius 1 is 1.08 bits per heavy atom. The first-order valence-electron chi connectivity index (χ1n) is 7.41. The topological polar surface area (TPSA) is 66.5 Å². The average molecular weight is 367 g/mol. The molecule has 128 valence electrons. The highest BCUT2D eigenvalue weighted by atomic mass is 35.5. The molecule has 0 atom stereocenters. The molecule has 0 fully saturated rings. The molecule has 2 aromatic rings. The molecule has 0 saturated carbocycles. The van der Waals surface area contributed by atoms with Crippen molar-refractivity contribution in [2.45, 2.75) is 13.5 Å². The monoisotopic (exact) mass is 366 g/mol. The fraction of sp³-hybridized carbons (Fsp3) is 0.235. The second-order valence-electron chi connectivity index (χ2n) is 5.37. The van der Waals surface area contributed by atoms with Crippen molar-refractivity contribution in [1.82, 2.24) is 4.90 Å². The van der Waals surface area contributed by atoms with E-state index in [-0.39, 0.29) is 11.7 Å². The molecule has 0 heterocycles. The maximum atomic E-state index is 12.4. The van der Waals surface area contributed by atoms with E-state index in [2.05, 4.69) is 4.72 Å². The van der Waals surface area contributed by atoms with E-state index in [0.29, 0.717) is 22.8 Å². The predicted octanol–water partition coefficient (Wildman–Crippen LogP) is 3.37. The molecule has 0 unspecified atom stereocenters. The van der Waals surface area contributed by atoms with Gasteiger partial charge in [0.05, 0.1) is 5.75 Å². The van der Waals surface area contributed by atoms with Crippen LogP contribution in [0.5, 0.6) is 0 Å². The number of carbonyl (C=O) groups excluding carboxylic acids is 1. The fourth-order valence-corrected chi connectivity index (χ4v) is 2.85. The summed E-state index contributed by atoms with van der Waals surface area (Å²) in [5, 5.41) is 0.651. The van der Waals surface area contributed by atoms with Crippen molar-refractivity contribution in [1.29, 1.82) is 0 Å². The molecule has 0 spiro atoms. The van der Waals surface area contributed by atoms with Crippen LogP contribution in [0.4, 0.5) is 5.69 Å². The van der Waals surface area contributed by atoms with Gasteiger partial charge in [-0.25, -0.2) is 8.42 Å². The third-order valence-electron chi connectivity index (χ3n) is 3.46. The van der Waals surface area contributed by atoms with Gasteiger partial charge in [-0.1, -0.05) is 23.7 Å². The highest BCUT2D eigenvalue weighted by Crippen LogP contribution is 2.15. The number of anilines is 1. The summed E-state index contributed by atoms with van der Waals surface area (Å²) < 4.78 is 25.5. The SMILES string of the molecule is CCS(=O)(=O)Nc1ccc(C(=O)N(C)Cc2ccc(Cl)cc2)cc1. The molecule has 2 rings (SSSR count). The minimum atomic E-state index is -3.32. The molecule has 5 nitrogen and oxygen atoms in total. The molecule has 7 heteroatoms. The largest absolute Gasteiger partial charge is 0.337 e. The highest BCUT2D eigenvalue weighted by molar-refractivity contribution is 7.92. The quantitative estimate of drug-likeness (QED) is 0.852. The minimum absolute atomic E-state index is 0.00247. The van der Waals surface area contributed by atoms with E-state index in [1.54, 1.807) is 55.3 Å². The first-order valence-corrected chi connectivity index (χ1v) is 9.44. The second-order valence-corrected chi connectivity index (χ2v) is 7.82. The van der Waals surface area contributed by atoms with Crippen molar-refractivity contribution >= 4 is 33.2 Å². The number of halogens is 1. The third kappa shape index (κ3) is 4.97. The molecule has 0 aliphatic rings. The molecule has 24 heavy (non-hydrogen) atoms. The van der Waals surface area contributed by atoms with Gasteiger partial charge in [0.15, 0.2) is 0 Å². The third-order valence-corrected chi connectivity index (χ3v) is 5.02. The van der Waals surface area contributed by atoms with Gasteiger partial charge in [0, 0.05) is 29.9 Å².